The van der Waals surface area contributed by atoms with Crippen LogP contribution in [0.1, 0.15) is 67.6 Å². The number of carbonyl (C=O) groups excluding carboxylic acids is 2. The number of ketones is 1. The van der Waals surface area contributed by atoms with Gasteiger partial charge in [0.2, 0.25) is 0 Å². The molecule has 0 saturated heterocycles. The normalized spacial score (nSPS) is 15.5. The van der Waals surface area contributed by atoms with Gasteiger partial charge in [-0.3, -0.25) is 4.79 Å². The van der Waals surface area contributed by atoms with Crippen LogP contribution in [0.2, 0.25) is 0 Å². The summed E-state index contributed by atoms with van der Waals surface area (Å²) in [5, 5.41) is 21.9. The molecule has 0 spiro atoms. The van der Waals surface area contributed by atoms with E-state index < -0.39 is 23.6 Å². The van der Waals surface area contributed by atoms with Crippen molar-refractivity contribution in [3.05, 3.63) is 154 Å². The number of rotatable bonds is 5. The molecule has 7 rings (SSSR count). The van der Waals surface area contributed by atoms with E-state index in [1.807, 2.05) is 36.4 Å². The first-order valence-electron chi connectivity index (χ1n) is 15.8. The van der Waals surface area contributed by atoms with Gasteiger partial charge >= 0.3 is 12.1 Å². The van der Waals surface area contributed by atoms with Crippen LogP contribution < -0.4 is 0 Å². The smallest absolute Gasteiger partial charge is 0.416 e. The SMILES string of the molecule is Cc1cc2c3c(ccc2c2ccccc12)C(c1cccc(C(F)(F)F)c1)C(=O)CC3c1ccc(C#N)cc1.O=C(OCCO)c1cncnc1. The number of hydrogen-bond acceptors (Lipinski definition) is 7. The Bertz CT molecular complexity index is 2250. The van der Waals surface area contributed by atoms with E-state index in [9.17, 15) is 28.0 Å². The Morgan fingerprint density at radius 1 is 0.900 bits per heavy atom. The van der Waals surface area contributed by atoms with Gasteiger partial charge in [0.1, 0.15) is 18.7 Å². The Labute approximate surface area is 285 Å². The fourth-order valence-electron chi connectivity index (χ4n) is 6.60. The number of nitriles is 1. The average molecular weight is 674 g/mol. The monoisotopic (exact) mass is 673 g/mol. The molecule has 50 heavy (non-hydrogen) atoms. The summed E-state index contributed by atoms with van der Waals surface area (Å²) in [6.07, 6.45) is -0.311. The lowest BCUT2D eigenvalue weighted by molar-refractivity contribution is -0.137. The van der Waals surface area contributed by atoms with Crippen LogP contribution >= 0.6 is 0 Å². The fraction of sp³-hybridized carbons (Fsp3) is 0.175. The van der Waals surface area contributed by atoms with Crippen molar-refractivity contribution in [2.75, 3.05) is 13.2 Å². The van der Waals surface area contributed by atoms with Crippen molar-refractivity contribution in [3.8, 4) is 6.07 Å². The topological polar surface area (TPSA) is 113 Å². The van der Waals surface area contributed by atoms with Crippen LogP contribution in [-0.2, 0) is 15.7 Å². The van der Waals surface area contributed by atoms with Crippen LogP contribution in [0.5, 0.6) is 0 Å². The molecule has 0 saturated carbocycles. The Morgan fingerprint density at radius 2 is 1.60 bits per heavy atom. The van der Waals surface area contributed by atoms with Crippen molar-refractivity contribution in [1.82, 2.24) is 9.97 Å². The molecule has 2 atom stereocenters. The summed E-state index contributed by atoms with van der Waals surface area (Å²) >= 11 is 0. The Morgan fingerprint density at radius 3 is 2.28 bits per heavy atom. The number of nitrogens with zero attached hydrogens (tertiary/aromatic N) is 3. The lowest BCUT2D eigenvalue weighted by atomic mass is 9.69. The van der Waals surface area contributed by atoms with Gasteiger partial charge in [0.15, 0.2) is 0 Å². The van der Waals surface area contributed by atoms with Gasteiger partial charge in [-0.05, 0) is 74.5 Å². The second kappa shape index (κ2) is 14.3. The van der Waals surface area contributed by atoms with Gasteiger partial charge in [-0.1, -0.05) is 72.8 Å². The maximum absolute atomic E-state index is 13.7. The number of Topliss-reactive ketones (excluding diaryl/α,β-unsaturated/α-hetero) is 1. The van der Waals surface area contributed by atoms with Gasteiger partial charge in [0.25, 0.3) is 0 Å². The molecule has 10 heteroatoms. The summed E-state index contributed by atoms with van der Waals surface area (Å²) < 4.78 is 45.3. The molecule has 1 N–H and O–H groups in total. The molecule has 5 aromatic carbocycles. The van der Waals surface area contributed by atoms with Crippen LogP contribution in [0.25, 0.3) is 21.5 Å². The third-order valence-electron chi connectivity index (χ3n) is 8.82. The highest BCUT2D eigenvalue weighted by Crippen LogP contribution is 2.48. The maximum atomic E-state index is 13.7. The predicted molar refractivity (Wildman–Crippen MR) is 182 cm³/mol. The van der Waals surface area contributed by atoms with Crippen molar-refractivity contribution in [2.24, 2.45) is 0 Å². The third kappa shape index (κ3) is 6.81. The Kier molecular flexibility index (Phi) is 9.70. The quantitative estimate of drug-likeness (QED) is 0.146. The first-order valence-corrected chi connectivity index (χ1v) is 15.8. The Hall–Kier alpha value is -5.92. The average Bonchev–Trinajstić information content (AvgIpc) is 3.14. The van der Waals surface area contributed by atoms with E-state index in [-0.39, 0.29) is 36.9 Å². The van der Waals surface area contributed by atoms with E-state index in [4.69, 9.17) is 5.11 Å². The van der Waals surface area contributed by atoms with Crippen LogP contribution in [0.15, 0.2) is 110 Å². The third-order valence-corrected chi connectivity index (χ3v) is 8.82. The summed E-state index contributed by atoms with van der Waals surface area (Å²) in [6, 6.07) is 28.7. The lowest BCUT2D eigenvalue weighted by Crippen LogP contribution is -2.26. The van der Waals surface area contributed by atoms with Gasteiger partial charge in [0.05, 0.1) is 35.3 Å². The molecule has 0 aliphatic heterocycles. The molecular formula is C40H30F3N3O4. The summed E-state index contributed by atoms with van der Waals surface area (Å²) in [5.74, 6) is -1.72. The van der Waals surface area contributed by atoms with E-state index in [0.717, 1.165) is 55.9 Å². The van der Waals surface area contributed by atoms with E-state index in [1.165, 1.54) is 24.8 Å². The zero-order chi connectivity index (χ0) is 35.4. The van der Waals surface area contributed by atoms with E-state index >= 15 is 0 Å². The second-order valence-corrected chi connectivity index (χ2v) is 11.9. The zero-order valence-electron chi connectivity index (χ0n) is 26.8. The number of aliphatic hydroxyl groups excluding tert-OH is 1. The van der Waals surface area contributed by atoms with Gasteiger partial charge < -0.3 is 9.84 Å². The summed E-state index contributed by atoms with van der Waals surface area (Å²) in [7, 11) is 0. The molecule has 1 heterocycles. The van der Waals surface area contributed by atoms with Crippen molar-refractivity contribution in [3.63, 3.8) is 0 Å². The van der Waals surface area contributed by atoms with Gasteiger partial charge in [0, 0.05) is 24.7 Å². The fourth-order valence-corrected chi connectivity index (χ4v) is 6.60. The molecule has 0 bridgehead atoms. The molecule has 6 aromatic rings. The minimum atomic E-state index is -4.50. The summed E-state index contributed by atoms with van der Waals surface area (Å²) in [6.45, 7) is 1.86. The summed E-state index contributed by atoms with van der Waals surface area (Å²) in [4.78, 5) is 32.0. The lowest BCUT2D eigenvalue weighted by Gasteiger charge is -2.33. The molecule has 1 aliphatic carbocycles. The number of carbonyl (C=O) groups is 2. The van der Waals surface area contributed by atoms with Crippen molar-refractivity contribution in [1.29, 1.82) is 5.26 Å². The maximum Gasteiger partial charge on any atom is 0.416 e. The number of hydrogen-bond donors (Lipinski definition) is 1. The zero-order valence-corrected chi connectivity index (χ0v) is 26.8. The molecular weight excluding hydrogens is 643 g/mol. The van der Waals surface area contributed by atoms with Gasteiger partial charge in [-0.25, -0.2) is 14.8 Å². The van der Waals surface area contributed by atoms with Crippen LogP contribution in [0.3, 0.4) is 0 Å². The number of benzene rings is 5. The minimum Gasteiger partial charge on any atom is -0.460 e. The minimum absolute atomic E-state index is 0.00622. The van der Waals surface area contributed by atoms with E-state index in [0.29, 0.717) is 11.1 Å². The number of aryl methyl sites for hydroxylation is 1. The predicted octanol–water partition coefficient (Wildman–Crippen LogP) is 8.05. The van der Waals surface area contributed by atoms with Crippen molar-refractivity contribution in [2.45, 2.75) is 31.4 Å². The number of aromatic nitrogens is 2. The van der Waals surface area contributed by atoms with Crippen LogP contribution in [0.4, 0.5) is 13.2 Å². The molecule has 1 aromatic heterocycles. The van der Waals surface area contributed by atoms with Crippen molar-refractivity contribution < 1.29 is 32.6 Å². The van der Waals surface area contributed by atoms with Crippen molar-refractivity contribution >= 4 is 33.3 Å². The molecule has 7 nitrogen and oxygen atoms in total. The number of aliphatic hydroxyl groups is 1. The second-order valence-electron chi connectivity index (χ2n) is 11.9. The van der Waals surface area contributed by atoms with E-state index in [1.54, 1.807) is 18.2 Å². The number of halogens is 3. The first kappa shape index (κ1) is 34.0. The molecule has 0 fully saturated rings. The number of fused-ring (bicyclic) bond motifs is 5. The summed E-state index contributed by atoms with van der Waals surface area (Å²) in [5.41, 5.74) is 4.08. The van der Waals surface area contributed by atoms with Crippen LogP contribution in [0, 0.1) is 18.3 Å². The van der Waals surface area contributed by atoms with Crippen LogP contribution in [-0.4, -0.2) is 40.0 Å². The molecule has 0 amide bonds. The van der Waals surface area contributed by atoms with E-state index in [2.05, 4.69) is 45.9 Å². The molecule has 250 valence electrons. The number of esters is 1. The number of alkyl halides is 3. The Balaban J connectivity index is 0.000000306. The largest absolute Gasteiger partial charge is 0.460 e. The number of ether oxygens (including phenoxy) is 1. The highest BCUT2D eigenvalue weighted by molar-refractivity contribution is 6.11. The first-order chi connectivity index (χ1) is 24.1. The highest BCUT2D eigenvalue weighted by atomic mass is 19.4. The highest BCUT2D eigenvalue weighted by Gasteiger charge is 2.38. The molecule has 0 radical (unpaired) electrons. The molecule has 2 unspecified atom stereocenters. The molecule has 1 aliphatic rings. The van der Waals surface area contributed by atoms with Gasteiger partial charge in [-0.15, -0.1) is 0 Å². The standard InChI is InChI=1S/C33H22F3NO.C7H8N2O3/c1-19-15-29-26(25-8-3-2-7-24(19)25)13-14-27-31(22-5-4-6-23(16-22)33(34,35)36)30(38)17-28(32(27)29)21-11-9-20(18-37)10-12-21;10-1-2-12-7(11)6-3-8-5-9-4-6/h2-16,28,31H,17H2,1H3;3-5,10H,1-2H2. The van der Waals surface area contributed by atoms with Gasteiger partial charge in [-0.2, -0.15) is 18.4 Å².